The van der Waals surface area contributed by atoms with Crippen molar-refractivity contribution in [3.63, 3.8) is 0 Å². The van der Waals surface area contributed by atoms with Crippen LogP contribution in [0.25, 0.3) is 11.1 Å². The first-order chi connectivity index (χ1) is 16.0. The maximum absolute atomic E-state index is 13.2. The number of hydrogen-bond donors (Lipinski definition) is 2. The van der Waals surface area contributed by atoms with Gasteiger partial charge in [0.1, 0.15) is 6.04 Å². The van der Waals surface area contributed by atoms with Crippen molar-refractivity contribution in [2.45, 2.75) is 24.3 Å². The van der Waals surface area contributed by atoms with E-state index in [1.807, 2.05) is 73.7 Å². The quantitative estimate of drug-likeness (QED) is 0.429. The van der Waals surface area contributed by atoms with Gasteiger partial charge in [0.2, 0.25) is 0 Å². The molecule has 6 nitrogen and oxygen atoms in total. The van der Waals surface area contributed by atoms with Gasteiger partial charge in [-0.05, 0) is 41.8 Å². The van der Waals surface area contributed by atoms with Crippen molar-refractivity contribution in [2.75, 3.05) is 12.3 Å². The van der Waals surface area contributed by atoms with Crippen LogP contribution >= 0.6 is 11.8 Å². The van der Waals surface area contributed by atoms with Gasteiger partial charge in [0, 0.05) is 22.8 Å². The Morgan fingerprint density at radius 3 is 2.18 bits per heavy atom. The Morgan fingerprint density at radius 2 is 1.55 bits per heavy atom. The first-order valence-corrected chi connectivity index (χ1v) is 11.7. The number of amides is 3. The summed E-state index contributed by atoms with van der Waals surface area (Å²) < 4.78 is 0. The summed E-state index contributed by atoms with van der Waals surface area (Å²) >= 11 is 1.33. The fourth-order valence-electron chi connectivity index (χ4n) is 3.24. The van der Waals surface area contributed by atoms with Crippen molar-refractivity contribution < 1.29 is 19.5 Å². The molecule has 0 unspecified atom stereocenters. The van der Waals surface area contributed by atoms with Crippen molar-refractivity contribution in [2.24, 2.45) is 0 Å². The van der Waals surface area contributed by atoms with Crippen LogP contribution in [-0.4, -0.2) is 46.3 Å². The molecule has 0 heterocycles. The number of benzene rings is 3. The molecule has 0 aliphatic heterocycles. The first-order valence-electron chi connectivity index (χ1n) is 10.7. The van der Waals surface area contributed by atoms with Crippen LogP contribution in [0.15, 0.2) is 89.8 Å². The molecule has 0 radical (unpaired) electrons. The van der Waals surface area contributed by atoms with Crippen molar-refractivity contribution in [3.8, 4) is 11.1 Å². The van der Waals surface area contributed by atoms with Gasteiger partial charge in [-0.2, -0.15) is 0 Å². The van der Waals surface area contributed by atoms with Gasteiger partial charge < -0.3 is 10.4 Å². The number of nitrogens with one attached hydrogen (secondary N) is 1. The molecule has 3 aromatic carbocycles. The van der Waals surface area contributed by atoms with Crippen LogP contribution in [0.5, 0.6) is 0 Å². The van der Waals surface area contributed by atoms with Crippen LogP contribution < -0.4 is 5.32 Å². The van der Waals surface area contributed by atoms with Crippen molar-refractivity contribution in [1.82, 2.24) is 10.2 Å². The zero-order valence-corrected chi connectivity index (χ0v) is 19.1. The molecule has 33 heavy (non-hydrogen) atoms. The van der Waals surface area contributed by atoms with E-state index in [-0.39, 0.29) is 12.3 Å². The zero-order valence-electron chi connectivity index (χ0n) is 18.3. The number of hydrogen-bond acceptors (Lipinski definition) is 4. The number of carbonyl (C=O) groups is 3. The third kappa shape index (κ3) is 6.70. The number of rotatable bonds is 9. The Balaban J connectivity index is 1.74. The molecule has 0 aliphatic carbocycles. The summed E-state index contributed by atoms with van der Waals surface area (Å²) in [6.45, 7) is 2.03. The van der Waals surface area contributed by atoms with Crippen LogP contribution in [-0.2, 0) is 4.79 Å². The number of urea groups is 1. The van der Waals surface area contributed by atoms with Crippen LogP contribution in [0.2, 0.25) is 0 Å². The number of aliphatic carboxylic acids is 1. The lowest BCUT2D eigenvalue weighted by atomic mass is 10.0. The van der Waals surface area contributed by atoms with Gasteiger partial charge in [0.15, 0.2) is 0 Å². The van der Waals surface area contributed by atoms with E-state index in [0.717, 1.165) is 20.9 Å². The lowest BCUT2D eigenvalue weighted by molar-refractivity contribution is -0.138. The van der Waals surface area contributed by atoms with E-state index in [4.69, 9.17) is 0 Å². The number of imide groups is 1. The monoisotopic (exact) mass is 462 g/mol. The second-order valence-corrected chi connectivity index (χ2v) is 8.46. The van der Waals surface area contributed by atoms with Gasteiger partial charge >= 0.3 is 12.0 Å². The molecule has 7 heteroatoms. The second-order valence-electron chi connectivity index (χ2n) is 7.37. The molecule has 0 saturated heterocycles. The minimum Gasteiger partial charge on any atom is -0.480 e. The highest BCUT2D eigenvalue weighted by Gasteiger charge is 2.27. The Labute approximate surface area is 197 Å². The second kappa shape index (κ2) is 11.9. The molecule has 0 saturated carbocycles. The number of carbonyl (C=O) groups excluding carboxylic acids is 2. The molecule has 1 atom stereocenters. The Morgan fingerprint density at radius 1 is 0.909 bits per heavy atom. The highest BCUT2D eigenvalue weighted by molar-refractivity contribution is 7.99. The Bertz CT molecular complexity index is 1090. The predicted molar refractivity (Wildman–Crippen MR) is 130 cm³/mol. The van der Waals surface area contributed by atoms with Gasteiger partial charge in [-0.1, -0.05) is 67.6 Å². The van der Waals surface area contributed by atoms with Gasteiger partial charge in [-0.25, -0.2) is 9.59 Å². The average Bonchev–Trinajstić information content (AvgIpc) is 2.85. The molecule has 0 aliphatic rings. The Hall–Kier alpha value is -3.58. The topological polar surface area (TPSA) is 86.7 Å². The van der Waals surface area contributed by atoms with Crippen LogP contribution in [0.3, 0.4) is 0 Å². The highest BCUT2D eigenvalue weighted by Crippen LogP contribution is 2.21. The SMILES string of the molecule is CCCN(C(=O)N[C@@H](CSc1ccccc1)C(=O)O)C(=O)c1cccc(-c2ccccc2)c1. The molecule has 0 spiro atoms. The maximum atomic E-state index is 13.2. The minimum absolute atomic E-state index is 0.142. The van der Waals surface area contributed by atoms with E-state index in [0.29, 0.717) is 12.0 Å². The maximum Gasteiger partial charge on any atom is 0.327 e. The average molecular weight is 463 g/mol. The Kier molecular flexibility index (Phi) is 8.66. The molecular weight excluding hydrogens is 436 g/mol. The summed E-state index contributed by atoms with van der Waals surface area (Å²) in [7, 11) is 0. The van der Waals surface area contributed by atoms with E-state index in [2.05, 4.69) is 5.32 Å². The fraction of sp³-hybridized carbons (Fsp3) is 0.192. The van der Waals surface area contributed by atoms with Crippen molar-refractivity contribution in [3.05, 3.63) is 90.5 Å². The van der Waals surface area contributed by atoms with E-state index in [9.17, 15) is 19.5 Å². The highest BCUT2D eigenvalue weighted by atomic mass is 32.2. The summed E-state index contributed by atoms with van der Waals surface area (Å²) in [5, 5.41) is 12.1. The fourth-order valence-corrected chi connectivity index (χ4v) is 4.17. The molecule has 3 aromatic rings. The number of nitrogens with zero attached hydrogens (tertiary/aromatic N) is 1. The largest absolute Gasteiger partial charge is 0.480 e. The number of carboxylic acid groups (broad SMARTS) is 1. The first kappa shape index (κ1) is 24.1. The number of thioether (sulfide) groups is 1. The van der Waals surface area contributed by atoms with Crippen LogP contribution in [0.4, 0.5) is 4.79 Å². The normalized spacial score (nSPS) is 11.4. The zero-order chi connectivity index (χ0) is 23.6. The van der Waals surface area contributed by atoms with Gasteiger partial charge in [0.05, 0.1) is 0 Å². The summed E-state index contributed by atoms with van der Waals surface area (Å²) in [6, 6.07) is 24.2. The predicted octanol–water partition coefficient (Wildman–Crippen LogP) is 5.16. The third-order valence-electron chi connectivity index (χ3n) is 4.91. The lowest BCUT2D eigenvalue weighted by Crippen LogP contribution is -2.51. The summed E-state index contributed by atoms with van der Waals surface area (Å²) in [5.41, 5.74) is 2.19. The number of carboxylic acids is 1. The molecule has 3 rings (SSSR count). The van der Waals surface area contributed by atoms with Gasteiger partial charge in [-0.3, -0.25) is 9.69 Å². The molecular formula is C26H26N2O4S. The van der Waals surface area contributed by atoms with Crippen LogP contribution in [0, 0.1) is 0 Å². The molecule has 170 valence electrons. The minimum atomic E-state index is -1.15. The van der Waals surface area contributed by atoms with E-state index in [1.54, 1.807) is 18.2 Å². The molecule has 0 bridgehead atoms. The van der Waals surface area contributed by atoms with Crippen LogP contribution in [0.1, 0.15) is 23.7 Å². The molecule has 0 fully saturated rings. The molecule has 2 N–H and O–H groups in total. The smallest absolute Gasteiger partial charge is 0.327 e. The lowest BCUT2D eigenvalue weighted by Gasteiger charge is -2.23. The molecule has 0 aromatic heterocycles. The molecule has 3 amide bonds. The summed E-state index contributed by atoms with van der Waals surface area (Å²) in [5.74, 6) is -1.48. The van der Waals surface area contributed by atoms with Crippen molar-refractivity contribution in [1.29, 1.82) is 0 Å². The van der Waals surface area contributed by atoms with Gasteiger partial charge in [-0.15, -0.1) is 11.8 Å². The third-order valence-corrected chi connectivity index (χ3v) is 6.02. The van der Waals surface area contributed by atoms with E-state index in [1.165, 1.54) is 11.8 Å². The standard InChI is InChI=1S/C26H26N2O4S/c1-2-16-28(24(29)21-13-9-12-20(17-21)19-10-5-3-6-11-19)26(32)27-23(25(30)31)18-33-22-14-7-4-8-15-22/h3-15,17,23H,2,16,18H2,1H3,(H,27,32)(H,30,31)/t23-/m0/s1. The van der Waals surface area contributed by atoms with Gasteiger partial charge in [0.25, 0.3) is 5.91 Å². The van der Waals surface area contributed by atoms with E-state index >= 15 is 0 Å². The van der Waals surface area contributed by atoms with E-state index < -0.39 is 23.9 Å². The summed E-state index contributed by atoms with van der Waals surface area (Å²) in [6.07, 6.45) is 0.550. The summed E-state index contributed by atoms with van der Waals surface area (Å²) in [4.78, 5) is 39.9. The van der Waals surface area contributed by atoms with Crippen molar-refractivity contribution >= 4 is 29.7 Å².